The lowest BCUT2D eigenvalue weighted by atomic mass is 9.95. The molecule has 0 amide bonds. The molecule has 3 rings (SSSR count). The van der Waals surface area contributed by atoms with Gasteiger partial charge in [0.1, 0.15) is 0 Å². The summed E-state index contributed by atoms with van der Waals surface area (Å²) in [6, 6.07) is 21.7. The Kier molecular flexibility index (Phi) is 5.43. The topological polar surface area (TPSA) is 12.9 Å². The van der Waals surface area contributed by atoms with Crippen LogP contribution in [0.15, 0.2) is 66.9 Å². The Bertz CT molecular complexity index is 876. The van der Waals surface area contributed by atoms with Crippen molar-refractivity contribution in [2.24, 2.45) is 0 Å². The Morgan fingerprint density at radius 1 is 0.885 bits per heavy atom. The van der Waals surface area contributed by atoms with Crippen LogP contribution < -0.4 is 5.19 Å². The number of rotatable bonds is 5. The zero-order valence-electron chi connectivity index (χ0n) is 16.6. The van der Waals surface area contributed by atoms with Crippen LogP contribution in [-0.2, 0) is 6.42 Å². The molecule has 0 spiro atoms. The predicted molar refractivity (Wildman–Crippen MR) is 116 cm³/mol. The molecule has 0 unspecified atom stereocenters. The molecule has 0 radical (unpaired) electrons. The predicted octanol–water partition coefficient (Wildman–Crippen LogP) is 6.01. The number of hydrogen-bond donors (Lipinski definition) is 0. The summed E-state index contributed by atoms with van der Waals surface area (Å²) in [7, 11) is -1.40. The lowest BCUT2D eigenvalue weighted by Gasteiger charge is -2.23. The van der Waals surface area contributed by atoms with Gasteiger partial charge in [-0.1, -0.05) is 88.1 Å². The molecule has 134 valence electrons. The average Bonchev–Trinajstić information content (AvgIpc) is 2.62. The third-order valence-corrected chi connectivity index (χ3v) is 6.93. The van der Waals surface area contributed by atoms with Crippen molar-refractivity contribution in [3.05, 3.63) is 83.6 Å². The number of pyridine rings is 1. The van der Waals surface area contributed by atoms with Crippen molar-refractivity contribution < 1.29 is 0 Å². The maximum atomic E-state index is 4.90. The summed E-state index contributed by atoms with van der Waals surface area (Å²) >= 11 is 0. The van der Waals surface area contributed by atoms with Gasteiger partial charge < -0.3 is 0 Å². The SMILES string of the molecule is CC(C)c1cc(-c2ccccc2Cc2ccccc2)ncc1[Si](C)(C)C. The monoisotopic (exact) mass is 359 g/mol. The first-order chi connectivity index (χ1) is 12.4. The van der Waals surface area contributed by atoms with Crippen molar-refractivity contribution in [3.8, 4) is 11.3 Å². The number of nitrogens with zero attached hydrogens (tertiary/aromatic N) is 1. The minimum atomic E-state index is -1.40. The fraction of sp³-hybridized carbons (Fsp3) is 0.292. The van der Waals surface area contributed by atoms with Gasteiger partial charge in [-0.05, 0) is 40.3 Å². The highest BCUT2D eigenvalue weighted by Crippen LogP contribution is 2.27. The van der Waals surface area contributed by atoms with E-state index in [0.29, 0.717) is 5.92 Å². The Morgan fingerprint density at radius 2 is 1.54 bits per heavy atom. The molecule has 0 saturated carbocycles. The standard InChI is InChI=1S/C24H29NSi/c1-18(2)22-16-23(25-17-24(22)26(3,4)5)21-14-10-9-13-20(21)15-19-11-7-6-8-12-19/h6-14,16-18H,15H2,1-5H3. The van der Waals surface area contributed by atoms with E-state index in [9.17, 15) is 0 Å². The lowest BCUT2D eigenvalue weighted by molar-refractivity contribution is 0.869. The highest BCUT2D eigenvalue weighted by atomic mass is 28.3. The summed E-state index contributed by atoms with van der Waals surface area (Å²) in [5.41, 5.74) is 6.48. The summed E-state index contributed by atoms with van der Waals surface area (Å²) < 4.78 is 0. The highest BCUT2D eigenvalue weighted by molar-refractivity contribution is 6.89. The molecule has 1 aromatic heterocycles. The number of hydrogen-bond acceptors (Lipinski definition) is 1. The van der Waals surface area contributed by atoms with Gasteiger partial charge in [0.25, 0.3) is 0 Å². The van der Waals surface area contributed by atoms with Crippen LogP contribution in [0.4, 0.5) is 0 Å². The first-order valence-corrected chi connectivity index (χ1v) is 13.0. The minimum absolute atomic E-state index is 0.514. The maximum Gasteiger partial charge on any atom is 0.0799 e. The average molecular weight is 360 g/mol. The molecule has 0 aliphatic rings. The van der Waals surface area contributed by atoms with Crippen LogP contribution in [0, 0.1) is 0 Å². The molecule has 0 bridgehead atoms. The van der Waals surface area contributed by atoms with E-state index in [2.05, 4.69) is 100 Å². The van der Waals surface area contributed by atoms with Crippen LogP contribution in [0.5, 0.6) is 0 Å². The summed E-state index contributed by atoms with van der Waals surface area (Å²) in [5.74, 6) is 0.514. The fourth-order valence-corrected chi connectivity index (χ4v) is 5.14. The van der Waals surface area contributed by atoms with Crippen LogP contribution in [0.1, 0.15) is 36.5 Å². The zero-order chi connectivity index (χ0) is 18.7. The van der Waals surface area contributed by atoms with Gasteiger partial charge in [0.15, 0.2) is 0 Å². The maximum absolute atomic E-state index is 4.90. The van der Waals surface area contributed by atoms with E-state index in [-0.39, 0.29) is 0 Å². The smallest absolute Gasteiger partial charge is 0.0799 e. The second kappa shape index (κ2) is 7.59. The van der Waals surface area contributed by atoms with Crippen molar-refractivity contribution in [3.63, 3.8) is 0 Å². The van der Waals surface area contributed by atoms with Crippen LogP contribution in [0.3, 0.4) is 0 Å². The summed E-state index contributed by atoms with van der Waals surface area (Å²) in [6.45, 7) is 11.8. The zero-order valence-corrected chi connectivity index (χ0v) is 17.6. The molecule has 0 N–H and O–H groups in total. The van der Waals surface area contributed by atoms with Crippen LogP contribution >= 0.6 is 0 Å². The normalized spacial score (nSPS) is 11.8. The van der Waals surface area contributed by atoms with Crippen LogP contribution in [0.2, 0.25) is 19.6 Å². The molecule has 0 aliphatic carbocycles. The summed E-state index contributed by atoms with van der Waals surface area (Å²) in [4.78, 5) is 4.90. The molecular weight excluding hydrogens is 330 g/mol. The van der Waals surface area contributed by atoms with E-state index in [1.54, 1.807) is 0 Å². The Hall–Kier alpha value is -2.19. The van der Waals surface area contributed by atoms with Crippen molar-refractivity contribution in [2.75, 3.05) is 0 Å². The molecule has 0 fully saturated rings. The third-order valence-electron chi connectivity index (χ3n) is 4.90. The Morgan fingerprint density at radius 3 is 2.19 bits per heavy atom. The number of benzene rings is 2. The molecular formula is C24H29NSi. The van der Waals surface area contributed by atoms with Gasteiger partial charge in [0.2, 0.25) is 0 Å². The molecule has 3 aromatic rings. The first kappa shape index (κ1) is 18.6. The molecule has 1 heterocycles. The second-order valence-corrected chi connectivity index (χ2v) is 13.4. The van der Waals surface area contributed by atoms with Gasteiger partial charge in [-0.25, -0.2) is 0 Å². The fourth-order valence-electron chi connectivity index (χ4n) is 3.46. The van der Waals surface area contributed by atoms with E-state index in [1.165, 1.54) is 27.4 Å². The van der Waals surface area contributed by atoms with E-state index in [1.807, 2.05) is 0 Å². The second-order valence-electron chi connectivity index (χ2n) is 8.38. The number of aromatic nitrogens is 1. The van der Waals surface area contributed by atoms with Gasteiger partial charge >= 0.3 is 0 Å². The Balaban J connectivity index is 2.06. The Labute approximate surface area is 159 Å². The van der Waals surface area contributed by atoms with Crippen LogP contribution in [-0.4, -0.2) is 13.1 Å². The summed E-state index contributed by atoms with van der Waals surface area (Å²) in [6.07, 6.45) is 3.08. The molecule has 2 heteroatoms. The minimum Gasteiger partial charge on any atom is -0.256 e. The largest absolute Gasteiger partial charge is 0.256 e. The van der Waals surface area contributed by atoms with E-state index in [0.717, 1.165) is 12.1 Å². The molecule has 26 heavy (non-hydrogen) atoms. The molecule has 2 aromatic carbocycles. The van der Waals surface area contributed by atoms with E-state index in [4.69, 9.17) is 4.98 Å². The van der Waals surface area contributed by atoms with E-state index >= 15 is 0 Å². The quantitative estimate of drug-likeness (QED) is 0.508. The van der Waals surface area contributed by atoms with Gasteiger partial charge in [0, 0.05) is 11.8 Å². The van der Waals surface area contributed by atoms with Crippen molar-refractivity contribution in [1.82, 2.24) is 4.98 Å². The van der Waals surface area contributed by atoms with Gasteiger partial charge in [0.05, 0.1) is 13.8 Å². The molecule has 0 aliphatic heterocycles. The van der Waals surface area contributed by atoms with Gasteiger partial charge in [-0.3, -0.25) is 4.98 Å². The van der Waals surface area contributed by atoms with Crippen molar-refractivity contribution >= 4 is 13.3 Å². The van der Waals surface area contributed by atoms with Crippen LogP contribution in [0.25, 0.3) is 11.3 Å². The van der Waals surface area contributed by atoms with Gasteiger partial charge in [-0.15, -0.1) is 0 Å². The van der Waals surface area contributed by atoms with E-state index < -0.39 is 8.07 Å². The molecule has 0 saturated heterocycles. The van der Waals surface area contributed by atoms with Gasteiger partial charge in [-0.2, -0.15) is 0 Å². The highest BCUT2D eigenvalue weighted by Gasteiger charge is 2.23. The lowest BCUT2D eigenvalue weighted by Crippen LogP contribution is -2.40. The van der Waals surface area contributed by atoms with Crippen molar-refractivity contribution in [2.45, 2.75) is 45.8 Å². The molecule has 0 atom stereocenters. The first-order valence-electron chi connectivity index (χ1n) is 9.49. The third kappa shape index (κ3) is 4.13. The molecule has 1 nitrogen and oxygen atoms in total. The summed E-state index contributed by atoms with van der Waals surface area (Å²) in [5, 5.41) is 1.48. The van der Waals surface area contributed by atoms with Crippen molar-refractivity contribution in [1.29, 1.82) is 0 Å².